The number of para-hydroxylation sites is 1. The Morgan fingerprint density at radius 3 is 2.50 bits per heavy atom. The Kier molecular flexibility index (Phi) is 4.47. The Hall–Kier alpha value is -2.66. The highest BCUT2D eigenvalue weighted by Crippen LogP contribution is 2.31. The van der Waals surface area contributed by atoms with Gasteiger partial charge in [0.25, 0.3) is 5.91 Å². The van der Waals surface area contributed by atoms with E-state index in [4.69, 9.17) is 4.74 Å². The molecule has 2 aliphatic rings. The van der Waals surface area contributed by atoms with Crippen molar-refractivity contribution in [2.75, 3.05) is 6.54 Å². The molecule has 4 rings (SSSR count). The normalized spacial score (nSPS) is 23.7. The highest BCUT2D eigenvalue weighted by Gasteiger charge is 2.39. The van der Waals surface area contributed by atoms with Gasteiger partial charge >= 0.3 is 0 Å². The van der Waals surface area contributed by atoms with Gasteiger partial charge in [0, 0.05) is 17.6 Å². The van der Waals surface area contributed by atoms with Crippen LogP contribution in [0.3, 0.4) is 0 Å². The average molecular weight is 350 g/mol. The van der Waals surface area contributed by atoms with E-state index in [1.165, 1.54) is 6.92 Å². The fourth-order valence-electron chi connectivity index (χ4n) is 3.91. The summed E-state index contributed by atoms with van der Waals surface area (Å²) in [4.78, 5) is 24.1. The van der Waals surface area contributed by atoms with Crippen molar-refractivity contribution in [1.82, 2.24) is 10.6 Å². The first-order valence-electron chi connectivity index (χ1n) is 9.02. The minimum atomic E-state index is -0.0555. The van der Waals surface area contributed by atoms with Crippen LogP contribution >= 0.6 is 0 Å². The van der Waals surface area contributed by atoms with Crippen molar-refractivity contribution in [2.24, 2.45) is 5.92 Å². The summed E-state index contributed by atoms with van der Waals surface area (Å²) >= 11 is 0. The highest BCUT2D eigenvalue weighted by molar-refractivity contribution is 5.97. The molecule has 26 heavy (non-hydrogen) atoms. The number of hydrogen-bond donors (Lipinski definition) is 2. The fourth-order valence-corrected chi connectivity index (χ4v) is 3.91. The van der Waals surface area contributed by atoms with Crippen molar-refractivity contribution in [3.8, 4) is 11.5 Å². The number of fused-ring (bicyclic) bond motifs is 2. The van der Waals surface area contributed by atoms with Gasteiger partial charge in [0.2, 0.25) is 0 Å². The van der Waals surface area contributed by atoms with Crippen LogP contribution in [-0.4, -0.2) is 30.3 Å². The maximum absolute atomic E-state index is 12.5. The number of hydrogen-bond acceptors (Lipinski definition) is 4. The Labute approximate surface area is 152 Å². The lowest BCUT2D eigenvalue weighted by Crippen LogP contribution is -2.47. The van der Waals surface area contributed by atoms with Crippen molar-refractivity contribution in [3.63, 3.8) is 0 Å². The summed E-state index contributed by atoms with van der Waals surface area (Å²) in [6, 6.07) is 14.8. The molecule has 1 heterocycles. The monoisotopic (exact) mass is 350 g/mol. The Bertz CT molecular complexity index is 831. The predicted molar refractivity (Wildman–Crippen MR) is 98.7 cm³/mol. The number of ketones is 1. The molecular weight excluding hydrogens is 328 g/mol. The van der Waals surface area contributed by atoms with E-state index < -0.39 is 0 Å². The van der Waals surface area contributed by atoms with Crippen LogP contribution in [0.5, 0.6) is 11.5 Å². The largest absolute Gasteiger partial charge is 0.457 e. The van der Waals surface area contributed by atoms with Gasteiger partial charge in [-0.05, 0) is 68.6 Å². The van der Waals surface area contributed by atoms with E-state index in [1.54, 1.807) is 36.4 Å². The smallest absolute Gasteiger partial charge is 0.251 e. The van der Waals surface area contributed by atoms with E-state index in [1.807, 2.05) is 12.1 Å². The van der Waals surface area contributed by atoms with Crippen molar-refractivity contribution in [3.05, 3.63) is 59.7 Å². The van der Waals surface area contributed by atoms with E-state index in [-0.39, 0.29) is 17.7 Å². The molecule has 0 aromatic heterocycles. The fraction of sp³-hybridized carbons (Fsp3) is 0.333. The number of benzene rings is 2. The van der Waals surface area contributed by atoms with Crippen LogP contribution in [0.1, 0.15) is 40.5 Å². The topological polar surface area (TPSA) is 67.4 Å². The SMILES string of the molecule is CC(=O)c1ccccc1Oc1ccc(C(=O)NC2CC3CNC2C3)cc1. The predicted octanol–water partition coefficient (Wildman–Crippen LogP) is 3.16. The molecule has 3 atom stereocenters. The molecule has 3 unspecified atom stereocenters. The summed E-state index contributed by atoms with van der Waals surface area (Å²) in [5, 5.41) is 6.58. The molecule has 1 saturated heterocycles. The number of ether oxygens (including phenoxy) is 1. The van der Waals surface area contributed by atoms with Gasteiger partial charge in [0.1, 0.15) is 11.5 Å². The first-order chi connectivity index (χ1) is 12.6. The van der Waals surface area contributed by atoms with E-state index in [2.05, 4.69) is 10.6 Å². The van der Waals surface area contributed by atoms with Crippen LogP contribution in [0.2, 0.25) is 0 Å². The lowest BCUT2D eigenvalue weighted by atomic mass is 10.1. The summed E-state index contributed by atoms with van der Waals surface area (Å²) in [7, 11) is 0. The molecule has 5 heteroatoms. The number of carbonyl (C=O) groups excluding carboxylic acids is 2. The first-order valence-corrected chi connectivity index (χ1v) is 9.02. The zero-order valence-electron chi connectivity index (χ0n) is 14.7. The van der Waals surface area contributed by atoms with Crippen molar-refractivity contribution < 1.29 is 14.3 Å². The molecular formula is C21H22N2O3. The molecule has 2 aromatic rings. The number of amides is 1. The molecule has 2 fully saturated rings. The van der Waals surface area contributed by atoms with Gasteiger partial charge in [-0.25, -0.2) is 0 Å². The molecule has 0 spiro atoms. The van der Waals surface area contributed by atoms with Crippen LogP contribution in [0.4, 0.5) is 0 Å². The molecule has 5 nitrogen and oxygen atoms in total. The molecule has 2 N–H and O–H groups in total. The minimum absolute atomic E-state index is 0.0453. The van der Waals surface area contributed by atoms with E-state index >= 15 is 0 Å². The van der Waals surface area contributed by atoms with Gasteiger partial charge < -0.3 is 15.4 Å². The molecule has 2 bridgehead atoms. The summed E-state index contributed by atoms with van der Waals surface area (Å²) in [5.41, 5.74) is 1.15. The third-order valence-corrected chi connectivity index (χ3v) is 5.26. The number of nitrogens with one attached hydrogen (secondary N) is 2. The van der Waals surface area contributed by atoms with Crippen LogP contribution in [0.15, 0.2) is 48.5 Å². The summed E-state index contributed by atoms with van der Waals surface area (Å²) in [6.07, 6.45) is 2.22. The summed E-state index contributed by atoms with van der Waals surface area (Å²) in [5.74, 6) is 1.71. The van der Waals surface area contributed by atoms with Gasteiger partial charge in [-0.3, -0.25) is 9.59 Å². The van der Waals surface area contributed by atoms with Crippen molar-refractivity contribution in [1.29, 1.82) is 0 Å². The van der Waals surface area contributed by atoms with Crippen LogP contribution < -0.4 is 15.4 Å². The number of rotatable bonds is 5. The van der Waals surface area contributed by atoms with Crippen LogP contribution in [0, 0.1) is 5.92 Å². The lowest BCUT2D eigenvalue weighted by Gasteiger charge is -2.24. The third-order valence-electron chi connectivity index (χ3n) is 5.26. The second kappa shape index (κ2) is 6.92. The van der Waals surface area contributed by atoms with E-state index in [9.17, 15) is 9.59 Å². The Morgan fingerprint density at radius 2 is 1.85 bits per heavy atom. The molecule has 134 valence electrons. The molecule has 1 saturated carbocycles. The second-order valence-corrected chi connectivity index (χ2v) is 7.11. The number of Topliss-reactive ketones (excluding diaryl/α,β-unsaturated/α-hetero) is 1. The molecule has 0 radical (unpaired) electrons. The minimum Gasteiger partial charge on any atom is -0.457 e. The first kappa shape index (κ1) is 16.8. The second-order valence-electron chi connectivity index (χ2n) is 7.11. The number of piperidine rings is 1. The van der Waals surface area contributed by atoms with Crippen LogP contribution in [-0.2, 0) is 0 Å². The van der Waals surface area contributed by atoms with Crippen LogP contribution in [0.25, 0.3) is 0 Å². The standard InChI is InChI=1S/C21H22N2O3/c1-13(24)17-4-2-3-5-20(17)26-16-8-6-15(7-9-16)21(25)23-19-11-14-10-18(19)22-12-14/h2-9,14,18-19,22H,10-12H2,1H3,(H,23,25). The van der Waals surface area contributed by atoms with E-state index in [0.29, 0.717) is 34.6 Å². The maximum Gasteiger partial charge on any atom is 0.251 e. The molecule has 2 aromatic carbocycles. The maximum atomic E-state index is 12.5. The number of carbonyl (C=O) groups is 2. The van der Waals surface area contributed by atoms with Gasteiger partial charge in [-0.1, -0.05) is 12.1 Å². The van der Waals surface area contributed by atoms with Gasteiger partial charge in [-0.2, -0.15) is 0 Å². The van der Waals surface area contributed by atoms with E-state index in [0.717, 1.165) is 19.4 Å². The highest BCUT2D eigenvalue weighted by atomic mass is 16.5. The zero-order chi connectivity index (χ0) is 18.1. The molecule has 1 aliphatic carbocycles. The lowest BCUT2D eigenvalue weighted by molar-refractivity contribution is 0.0927. The molecule has 1 amide bonds. The van der Waals surface area contributed by atoms with Gasteiger partial charge in [0.15, 0.2) is 5.78 Å². The average Bonchev–Trinajstić information content (AvgIpc) is 3.25. The molecule has 1 aliphatic heterocycles. The summed E-state index contributed by atoms with van der Waals surface area (Å²) in [6.45, 7) is 2.59. The summed E-state index contributed by atoms with van der Waals surface area (Å²) < 4.78 is 5.82. The third kappa shape index (κ3) is 3.35. The van der Waals surface area contributed by atoms with Crippen molar-refractivity contribution >= 4 is 11.7 Å². The zero-order valence-corrected chi connectivity index (χ0v) is 14.7. The Balaban J connectivity index is 1.42. The van der Waals surface area contributed by atoms with Gasteiger partial charge in [-0.15, -0.1) is 0 Å². The Morgan fingerprint density at radius 1 is 1.08 bits per heavy atom. The van der Waals surface area contributed by atoms with Gasteiger partial charge in [0.05, 0.1) is 5.56 Å². The van der Waals surface area contributed by atoms with Crippen molar-refractivity contribution in [2.45, 2.75) is 31.8 Å². The quantitative estimate of drug-likeness (QED) is 0.813.